The molecule has 108 valence electrons. The molecular formula is C16H34N2. The van der Waals surface area contributed by atoms with Crippen molar-refractivity contribution in [1.82, 2.24) is 10.2 Å². The molecule has 0 aromatic carbocycles. The van der Waals surface area contributed by atoms with E-state index in [0.29, 0.717) is 6.04 Å². The number of piperazine rings is 1. The van der Waals surface area contributed by atoms with Crippen LogP contribution in [0, 0.1) is 0 Å². The van der Waals surface area contributed by atoms with Crippen molar-refractivity contribution in [3.8, 4) is 0 Å². The molecule has 2 heteroatoms. The Bertz CT molecular complexity index is 182. The summed E-state index contributed by atoms with van der Waals surface area (Å²) in [6, 6.07) is 0.692. The van der Waals surface area contributed by atoms with E-state index in [2.05, 4.69) is 24.1 Å². The van der Waals surface area contributed by atoms with Gasteiger partial charge in [0.05, 0.1) is 0 Å². The number of nitrogens with zero attached hydrogens (tertiary/aromatic N) is 1. The zero-order valence-electron chi connectivity index (χ0n) is 12.7. The Morgan fingerprint density at radius 2 is 1.56 bits per heavy atom. The second kappa shape index (κ2) is 10.8. The largest absolute Gasteiger partial charge is 0.312 e. The predicted octanol–water partition coefficient (Wildman–Crippen LogP) is 3.81. The highest BCUT2D eigenvalue weighted by Crippen LogP contribution is 2.10. The molecule has 0 aromatic heterocycles. The molecule has 0 amide bonds. The third kappa shape index (κ3) is 8.10. The molecule has 0 spiro atoms. The van der Waals surface area contributed by atoms with Crippen LogP contribution in [0.5, 0.6) is 0 Å². The first-order chi connectivity index (χ1) is 8.83. The highest BCUT2D eigenvalue weighted by Gasteiger charge is 2.14. The summed E-state index contributed by atoms with van der Waals surface area (Å²) in [5, 5.41) is 3.51. The van der Waals surface area contributed by atoms with Crippen molar-refractivity contribution in [3.63, 3.8) is 0 Å². The summed E-state index contributed by atoms with van der Waals surface area (Å²) in [6.07, 6.45) is 12.9. The number of nitrogens with one attached hydrogen (secondary N) is 1. The summed E-state index contributed by atoms with van der Waals surface area (Å²) in [4.78, 5) is 2.63. The lowest BCUT2D eigenvalue weighted by atomic mass is 10.1. The lowest BCUT2D eigenvalue weighted by Gasteiger charge is -2.31. The Labute approximate surface area is 115 Å². The lowest BCUT2D eigenvalue weighted by molar-refractivity contribution is 0.203. The van der Waals surface area contributed by atoms with Crippen LogP contribution >= 0.6 is 0 Å². The molecule has 0 unspecified atom stereocenters. The van der Waals surface area contributed by atoms with Gasteiger partial charge >= 0.3 is 0 Å². The maximum atomic E-state index is 3.51. The summed E-state index contributed by atoms with van der Waals surface area (Å²) < 4.78 is 0. The van der Waals surface area contributed by atoms with Crippen LogP contribution in [-0.4, -0.2) is 37.1 Å². The first kappa shape index (κ1) is 16.0. The summed E-state index contributed by atoms with van der Waals surface area (Å²) in [6.45, 7) is 9.58. The Morgan fingerprint density at radius 1 is 0.944 bits per heavy atom. The van der Waals surface area contributed by atoms with Crippen LogP contribution in [0.3, 0.4) is 0 Å². The van der Waals surface area contributed by atoms with Crippen molar-refractivity contribution in [2.24, 2.45) is 0 Å². The molecule has 1 fully saturated rings. The lowest BCUT2D eigenvalue weighted by Crippen LogP contribution is -2.49. The number of hydrogen-bond acceptors (Lipinski definition) is 2. The molecule has 1 aliphatic rings. The van der Waals surface area contributed by atoms with Gasteiger partial charge in [0.15, 0.2) is 0 Å². The molecule has 0 bridgehead atoms. The van der Waals surface area contributed by atoms with Gasteiger partial charge in [-0.15, -0.1) is 0 Å². The number of unbranched alkanes of at least 4 members (excludes halogenated alkanes) is 8. The highest BCUT2D eigenvalue weighted by molar-refractivity contribution is 4.74. The van der Waals surface area contributed by atoms with Gasteiger partial charge in [0, 0.05) is 25.7 Å². The van der Waals surface area contributed by atoms with Crippen molar-refractivity contribution in [1.29, 1.82) is 0 Å². The van der Waals surface area contributed by atoms with Crippen molar-refractivity contribution in [2.45, 2.75) is 77.7 Å². The minimum Gasteiger partial charge on any atom is -0.312 e. The van der Waals surface area contributed by atoms with Crippen molar-refractivity contribution < 1.29 is 0 Å². The van der Waals surface area contributed by atoms with E-state index >= 15 is 0 Å². The zero-order valence-corrected chi connectivity index (χ0v) is 12.7. The SMILES string of the molecule is CCCCCCCCCCCN1CCN[C@H](C)C1. The van der Waals surface area contributed by atoms with Crippen LogP contribution in [0.25, 0.3) is 0 Å². The molecule has 0 aliphatic carbocycles. The quantitative estimate of drug-likeness (QED) is 0.596. The molecule has 0 aromatic rings. The summed E-state index contributed by atoms with van der Waals surface area (Å²) in [7, 11) is 0. The van der Waals surface area contributed by atoms with Crippen LogP contribution in [0.1, 0.15) is 71.6 Å². The van der Waals surface area contributed by atoms with E-state index in [0.717, 1.165) is 0 Å². The summed E-state index contributed by atoms with van der Waals surface area (Å²) in [5.74, 6) is 0. The van der Waals surface area contributed by atoms with Gasteiger partial charge in [-0.1, -0.05) is 58.3 Å². The fraction of sp³-hybridized carbons (Fsp3) is 1.00. The summed E-state index contributed by atoms with van der Waals surface area (Å²) in [5.41, 5.74) is 0. The normalized spacial score (nSPS) is 21.3. The third-order valence-electron chi connectivity index (χ3n) is 4.03. The van der Waals surface area contributed by atoms with E-state index in [1.54, 1.807) is 0 Å². The second-order valence-corrected chi connectivity index (χ2v) is 5.98. The number of hydrogen-bond donors (Lipinski definition) is 1. The van der Waals surface area contributed by atoms with Crippen molar-refractivity contribution >= 4 is 0 Å². The van der Waals surface area contributed by atoms with Gasteiger partial charge in [-0.05, 0) is 19.9 Å². The molecule has 18 heavy (non-hydrogen) atoms. The van der Waals surface area contributed by atoms with Gasteiger partial charge in [-0.2, -0.15) is 0 Å². The van der Waals surface area contributed by atoms with Crippen LogP contribution in [-0.2, 0) is 0 Å². The Kier molecular flexibility index (Phi) is 9.59. The number of rotatable bonds is 10. The average Bonchev–Trinajstić information content (AvgIpc) is 2.37. The van der Waals surface area contributed by atoms with Crippen LogP contribution in [0.2, 0.25) is 0 Å². The zero-order chi connectivity index (χ0) is 13.1. The standard InChI is InChI=1S/C16H34N2/c1-3-4-5-6-7-8-9-10-11-13-18-14-12-17-16(2)15-18/h16-17H,3-15H2,1-2H3/t16-/m1/s1. The third-order valence-corrected chi connectivity index (χ3v) is 4.03. The predicted molar refractivity (Wildman–Crippen MR) is 81.1 cm³/mol. The van der Waals surface area contributed by atoms with Crippen LogP contribution in [0.15, 0.2) is 0 Å². The monoisotopic (exact) mass is 254 g/mol. The van der Waals surface area contributed by atoms with E-state index < -0.39 is 0 Å². The van der Waals surface area contributed by atoms with Crippen LogP contribution < -0.4 is 5.32 Å². The van der Waals surface area contributed by atoms with Crippen LogP contribution in [0.4, 0.5) is 0 Å². The topological polar surface area (TPSA) is 15.3 Å². The van der Waals surface area contributed by atoms with E-state index in [-0.39, 0.29) is 0 Å². The molecule has 1 aliphatic heterocycles. The van der Waals surface area contributed by atoms with Gasteiger partial charge < -0.3 is 10.2 Å². The Hall–Kier alpha value is -0.0800. The van der Waals surface area contributed by atoms with Gasteiger partial charge in [-0.25, -0.2) is 0 Å². The molecule has 0 saturated carbocycles. The fourth-order valence-electron chi connectivity index (χ4n) is 2.86. The second-order valence-electron chi connectivity index (χ2n) is 5.98. The van der Waals surface area contributed by atoms with E-state index in [1.165, 1.54) is 84.0 Å². The molecule has 1 N–H and O–H groups in total. The minimum atomic E-state index is 0.692. The molecule has 2 nitrogen and oxygen atoms in total. The van der Waals surface area contributed by atoms with Crippen molar-refractivity contribution in [2.75, 3.05) is 26.2 Å². The minimum absolute atomic E-state index is 0.692. The smallest absolute Gasteiger partial charge is 0.0167 e. The first-order valence-electron chi connectivity index (χ1n) is 8.28. The van der Waals surface area contributed by atoms with E-state index in [9.17, 15) is 0 Å². The Balaban J connectivity index is 1.80. The van der Waals surface area contributed by atoms with Gasteiger partial charge in [0.25, 0.3) is 0 Å². The fourth-order valence-corrected chi connectivity index (χ4v) is 2.86. The van der Waals surface area contributed by atoms with Gasteiger partial charge in [0.2, 0.25) is 0 Å². The molecule has 1 heterocycles. The van der Waals surface area contributed by atoms with Crippen molar-refractivity contribution in [3.05, 3.63) is 0 Å². The highest BCUT2D eigenvalue weighted by atomic mass is 15.2. The molecular weight excluding hydrogens is 220 g/mol. The molecule has 1 rings (SSSR count). The summed E-state index contributed by atoms with van der Waals surface area (Å²) >= 11 is 0. The average molecular weight is 254 g/mol. The van der Waals surface area contributed by atoms with Gasteiger partial charge in [0.1, 0.15) is 0 Å². The maximum absolute atomic E-state index is 3.51. The molecule has 1 saturated heterocycles. The van der Waals surface area contributed by atoms with Gasteiger partial charge in [-0.3, -0.25) is 0 Å². The van der Waals surface area contributed by atoms with E-state index in [1.807, 2.05) is 0 Å². The maximum Gasteiger partial charge on any atom is 0.0167 e. The molecule has 1 atom stereocenters. The molecule has 0 radical (unpaired) electrons. The Morgan fingerprint density at radius 3 is 2.17 bits per heavy atom. The first-order valence-corrected chi connectivity index (χ1v) is 8.28. The van der Waals surface area contributed by atoms with E-state index in [4.69, 9.17) is 0 Å².